The number of rotatable bonds is 4. The van der Waals surface area contributed by atoms with Crippen LogP contribution in [0, 0.1) is 0 Å². The average molecular weight is 238 g/mol. The van der Waals surface area contributed by atoms with Gasteiger partial charge < -0.3 is 5.32 Å². The molecule has 2 nitrogen and oxygen atoms in total. The predicted molar refractivity (Wildman–Crippen MR) is 71.8 cm³/mol. The number of thioether (sulfide) groups is 1. The lowest BCUT2D eigenvalue weighted by atomic mass is 10.2. The van der Waals surface area contributed by atoms with Crippen LogP contribution < -0.4 is 5.32 Å². The zero-order valence-electron chi connectivity index (χ0n) is 10.9. The molecule has 90 valence electrons. The van der Waals surface area contributed by atoms with Gasteiger partial charge >= 0.3 is 0 Å². The van der Waals surface area contributed by atoms with Crippen LogP contribution in [0.1, 0.15) is 40.2 Å². The summed E-state index contributed by atoms with van der Waals surface area (Å²) < 4.78 is 0.227. The minimum absolute atomic E-state index is 0.227. The maximum absolute atomic E-state index is 4.46. The summed E-state index contributed by atoms with van der Waals surface area (Å²) in [5.41, 5.74) is 1.24. The molecule has 0 bridgehead atoms. The summed E-state index contributed by atoms with van der Waals surface area (Å²) in [4.78, 5) is 4.46. The molecule has 1 aromatic heterocycles. The highest BCUT2D eigenvalue weighted by Gasteiger charge is 2.12. The maximum Gasteiger partial charge on any atom is 0.0965 e. The molecule has 1 N–H and O–H groups in total. The first-order chi connectivity index (χ1) is 7.37. The monoisotopic (exact) mass is 238 g/mol. The zero-order valence-corrected chi connectivity index (χ0v) is 11.7. The van der Waals surface area contributed by atoms with Gasteiger partial charge in [0.05, 0.1) is 5.03 Å². The van der Waals surface area contributed by atoms with E-state index in [-0.39, 0.29) is 4.75 Å². The number of hydrogen-bond acceptors (Lipinski definition) is 3. The van der Waals surface area contributed by atoms with Crippen molar-refractivity contribution in [3.63, 3.8) is 0 Å². The highest BCUT2D eigenvalue weighted by molar-refractivity contribution is 8.00. The van der Waals surface area contributed by atoms with Crippen molar-refractivity contribution in [2.45, 2.75) is 57.0 Å². The first-order valence-corrected chi connectivity index (χ1v) is 6.56. The summed E-state index contributed by atoms with van der Waals surface area (Å²) in [7, 11) is 0. The van der Waals surface area contributed by atoms with Crippen molar-refractivity contribution in [2.24, 2.45) is 0 Å². The number of pyridine rings is 1. The lowest BCUT2D eigenvalue weighted by molar-refractivity contribution is 0.587. The SMILES string of the molecule is CC(C)NCc1ccc(SC(C)(C)C)nc1. The molecular formula is C13H22N2S. The number of aromatic nitrogens is 1. The third-order valence-corrected chi connectivity index (χ3v) is 2.99. The molecule has 1 aromatic rings. The Balaban J connectivity index is 2.54. The Morgan fingerprint density at radius 2 is 2.00 bits per heavy atom. The molecule has 0 spiro atoms. The van der Waals surface area contributed by atoms with Gasteiger partial charge in [-0.1, -0.05) is 40.7 Å². The Morgan fingerprint density at radius 1 is 1.31 bits per heavy atom. The van der Waals surface area contributed by atoms with Crippen LogP contribution in [0.4, 0.5) is 0 Å². The molecule has 3 heteroatoms. The van der Waals surface area contributed by atoms with Crippen molar-refractivity contribution in [1.29, 1.82) is 0 Å². The van der Waals surface area contributed by atoms with Crippen LogP contribution in [0.3, 0.4) is 0 Å². The third kappa shape index (κ3) is 5.52. The minimum atomic E-state index is 0.227. The standard InChI is InChI=1S/C13H22N2S/c1-10(2)14-8-11-6-7-12(15-9-11)16-13(3,4)5/h6-7,9-10,14H,8H2,1-5H3. The van der Waals surface area contributed by atoms with Gasteiger partial charge in [-0.15, -0.1) is 11.8 Å². The van der Waals surface area contributed by atoms with Gasteiger partial charge in [0.15, 0.2) is 0 Å². The van der Waals surface area contributed by atoms with Gasteiger partial charge in [0.25, 0.3) is 0 Å². The van der Waals surface area contributed by atoms with E-state index in [9.17, 15) is 0 Å². The van der Waals surface area contributed by atoms with Crippen molar-refractivity contribution in [2.75, 3.05) is 0 Å². The van der Waals surface area contributed by atoms with Crippen LogP contribution in [0.15, 0.2) is 23.4 Å². The van der Waals surface area contributed by atoms with Gasteiger partial charge in [-0.05, 0) is 11.6 Å². The largest absolute Gasteiger partial charge is 0.310 e. The fraction of sp³-hybridized carbons (Fsp3) is 0.615. The molecule has 16 heavy (non-hydrogen) atoms. The quantitative estimate of drug-likeness (QED) is 0.813. The molecule has 0 radical (unpaired) electrons. The lowest BCUT2D eigenvalue weighted by Crippen LogP contribution is -2.21. The molecule has 0 atom stereocenters. The van der Waals surface area contributed by atoms with E-state index in [0.29, 0.717) is 6.04 Å². The van der Waals surface area contributed by atoms with E-state index in [2.05, 4.69) is 57.1 Å². The Hall–Kier alpha value is -0.540. The number of hydrogen-bond donors (Lipinski definition) is 1. The molecule has 0 aliphatic rings. The second-order valence-corrected chi connectivity index (χ2v) is 7.10. The molecule has 0 unspecified atom stereocenters. The summed E-state index contributed by atoms with van der Waals surface area (Å²) in [6.07, 6.45) is 1.96. The average Bonchev–Trinajstić information content (AvgIpc) is 2.14. The summed E-state index contributed by atoms with van der Waals surface area (Å²) in [5.74, 6) is 0. The highest BCUT2D eigenvalue weighted by Crippen LogP contribution is 2.29. The van der Waals surface area contributed by atoms with Crippen LogP contribution in [0.25, 0.3) is 0 Å². The molecule has 0 amide bonds. The van der Waals surface area contributed by atoms with E-state index in [1.54, 1.807) is 11.8 Å². The fourth-order valence-corrected chi connectivity index (χ4v) is 2.08. The third-order valence-electron chi connectivity index (χ3n) is 1.92. The van der Waals surface area contributed by atoms with Crippen molar-refractivity contribution in [1.82, 2.24) is 10.3 Å². The van der Waals surface area contributed by atoms with Crippen LogP contribution in [-0.2, 0) is 6.54 Å². The number of nitrogens with one attached hydrogen (secondary N) is 1. The Bertz CT molecular complexity index is 312. The van der Waals surface area contributed by atoms with Gasteiger partial charge in [-0.2, -0.15) is 0 Å². The van der Waals surface area contributed by atoms with E-state index in [0.717, 1.165) is 11.6 Å². The Morgan fingerprint density at radius 3 is 2.44 bits per heavy atom. The second kappa shape index (κ2) is 5.69. The second-order valence-electron chi connectivity index (χ2n) is 5.25. The smallest absolute Gasteiger partial charge is 0.0965 e. The Labute approximate surface area is 103 Å². The van der Waals surface area contributed by atoms with Gasteiger partial charge in [-0.25, -0.2) is 4.98 Å². The maximum atomic E-state index is 4.46. The van der Waals surface area contributed by atoms with E-state index in [1.165, 1.54) is 5.56 Å². The first kappa shape index (κ1) is 13.5. The fourth-order valence-electron chi connectivity index (χ4n) is 1.21. The van der Waals surface area contributed by atoms with Gasteiger partial charge in [-0.3, -0.25) is 0 Å². The van der Waals surface area contributed by atoms with Gasteiger partial charge in [0.1, 0.15) is 0 Å². The molecule has 1 heterocycles. The van der Waals surface area contributed by atoms with Gasteiger partial charge in [0, 0.05) is 23.5 Å². The molecule has 1 rings (SSSR count). The van der Waals surface area contributed by atoms with Crippen LogP contribution in [0.2, 0.25) is 0 Å². The Kier molecular flexibility index (Phi) is 4.81. The molecule has 0 saturated heterocycles. The lowest BCUT2D eigenvalue weighted by Gasteiger charge is -2.16. The molecule has 0 aromatic carbocycles. The highest BCUT2D eigenvalue weighted by atomic mass is 32.2. The van der Waals surface area contributed by atoms with Crippen LogP contribution in [0.5, 0.6) is 0 Å². The van der Waals surface area contributed by atoms with Crippen molar-refractivity contribution in [3.05, 3.63) is 23.9 Å². The van der Waals surface area contributed by atoms with Crippen molar-refractivity contribution in [3.8, 4) is 0 Å². The van der Waals surface area contributed by atoms with Crippen LogP contribution in [-0.4, -0.2) is 15.8 Å². The van der Waals surface area contributed by atoms with E-state index in [4.69, 9.17) is 0 Å². The summed E-state index contributed by atoms with van der Waals surface area (Å²) in [6.45, 7) is 11.8. The predicted octanol–water partition coefficient (Wildman–Crippen LogP) is 3.47. The van der Waals surface area contributed by atoms with E-state index < -0.39 is 0 Å². The summed E-state index contributed by atoms with van der Waals surface area (Å²) in [6, 6.07) is 4.77. The molecule has 0 saturated carbocycles. The van der Waals surface area contributed by atoms with Crippen molar-refractivity contribution >= 4 is 11.8 Å². The molecule has 0 aliphatic heterocycles. The van der Waals surface area contributed by atoms with Gasteiger partial charge in [0.2, 0.25) is 0 Å². The topological polar surface area (TPSA) is 24.9 Å². The first-order valence-electron chi connectivity index (χ1n) is 5.74. The van der Waals surface area contributed by atoms with Crippen molar-refractivity contribution < 1.29 is 0 Å². The van der Waals surface area contributed by atoms with E-state index >= 15 is 0 Å². The summed E-state index contributed by atoms with van der Waals surface area (Å²) in [5, 5.41) is 4.48. The molecule has 0 fully saturated rings. The molecule has 0 aliphatic carbocycles. The minimum Gasteiger partial charge on any atom is -0.310 e. The normalized spacial score (nSPS) is 12.1. The summed E-state index contributed by atoms with van der Waals surface area (Å²) >= 11 is 1.80. The zero-order chi connectivity index (χ0) is 12.2. The van der Waals surface area contributed by atoms with E-state index in [1.807, 2.05) is 6.20 Å². The van der Waals surface area contributed by atoms with Crippen LogP contribution >= 0.6 is 11.8 Å². The number of nitrogens with zero attached hydrogens (tertiary/aromatic N) is 1. The molecular weight excluding hydrogens is 216 g/mol.